The van der Waals surface area contributed by atoms with E-state index >= 15 is 0 Å². The first-order valence-electron chi connectivity index (χ1n) is 4.35. The van der Waals surface area contributed by atoms with Gasteiger partial charge in [-0.2, -0.15) is 0 Å². The standard InChI is InChI=1S/C9H14O4/c1-4-9(2,3)8(11)13-6-5-12-7(6)10/h6H,4-5H2,1-3H3. The van der Waals surface area contributed by atoms with Crippen molar-refractivity contribution < 1.29 is 19.1 Å². The molecule has 74 valence electrons. The molecule has 0 saturated carbocycles. The highest BCUT2D eigenvalue weighted by molar-refractivity contribution is 5.84. The molecule has 0 bridgehead atoms. The molecule has 1 rings (SSSR count). The number of carbonyl (C=O) groups is 2. The van der Waals surface area contributed by atoms with Gasteiger partial charge in [0.1, 0.15) is 6.61 Å². The van der Waals surface area contributed by atoms with Crippen molar-refractivity contribution in [2.75, 3.05) is 6.61 Å². The Balaban J connectivity index is 2.45. The summed E-state index contributed by atoms with van der Waals surface area (Å²) in [5.41, 5.74) is -0.518. The van der Waals surface area contributed by atoms with Gasteiger partial charge in [0.15, 0.2) is 0 Å². The summed E-state index contributed by atoms with van der Waals surface area (Å²) in [6.45, 7) is 5.68. The maximum absolute atomic E-state index is 11.4. The SMILES string of the molecule is CCC(C)(C)C(=O)OC1COC1=O. The first-order chi connectivity index (χ1) is 5.97. The molecule has 0 N–H and O–H groups in total. The zero-order chi connectivity index (χ0) is 10.1. The number of esters is 2. The molecule has 4 nitrogen and oxygen atoms in total. The fourth-order valence-electron chi connectivity index (χ4n) is 0.735. The molecular weight excluding hydrogens is 172 g/mol. The summed E-state index contributed by atoms with van der Waals surface area (Å²) in [6.07, 6.45) is 0.0199. The Morgan fingerprint density at radius 2 is 2.31 bits per heavy atom. The number of ether oxygens (including phenoxy) is 2. The number of cyclic esters (lactones) is 1. The smallest absolute Gasteiger partial charge is 0.351 e. The maximum atomic E-state index is 11.4. The number of hydrogen-bond acceptors (Lipinski definition) is 4. The molecule has 1 unspecified atom stereocenters. The highest BCUT2D eigenvalue weighted by Gasteiger charge is 2.38. The monoisotopic (exact) mass is 186 g/mol. The Labute approximate surface area is 77.2 Å². The third-order valence-electron chi connectivity index (χ3n) is 2.33. The minimum Gasteiger partial charge on any atom is -0.458 e. The van der Waals surface area contributed by atoms with E-state index in [0.717, 1.165) is 0 Å². The molecule has 0 aromatic carbocycles. The summed E-state index contributed by atoms with van der Waals surface area (Å²) in [5.74, 6) is -0.781. The Hall–Kier alpha value is -1.06. The van der Waals surface area contributed by atoms with Gasteiger partial charge in [-0.3, -0.25) is 4.79 Å². The van der Waals surface area contributed by atoms with Crippen LogP contribution in [-0.4, -0.2) is 24.6 Å². The van der Waals surface area contributed by atoms with Crippen LogP contribution in [0.4, 0.5) is 0 Å². The van der Waals surface area contributed by atoms with Crippen LogP contribution in [0.3, 0.4) is 0 Å². The predicted molar refractivity (Wildman–Crippen MR) is 44.9 cm³/mol. The van der Waals surface area contributed by atoms with E-state index in [1.165, 1.54) is 0 Å². The van der Waals surface area contributed by atoms with Gasteiger partial charge < -0.3 is 9.47 Å². The molecule has 0 aliphatic carbocycles. The number of rotatable bonds is 3. The molecule has 1 heterocycles. The highest BCUT2D eigenvalue weighted by Crippen LogP contribution is 2.23. The van der Waals surface area contributed by atoms with Crippen molar-refractivity contribution in [2.45, 2.75) is 33.3 Å². The quantitative estimate of drug-likeness (QED) is 0.614. The molecule has 0 amide bonds. The molecule has 1 aliphatic heterocycles. The van der Waals surface area contributed by atoms with Crippen molar-refractivity contribution >= 4 is 11.9 Å². The molecule has 1 atom stereocenters. The van der Waals surface area contributed by atoms with Crippen LogP contribution in [0.2, 0.25) is 0 Å². The Kier molecular flexibility index (Phi) is 2.59. The second-order valence-corrected chi connectivity index (χ2v) is 3.76. The van der Waals surface area contributed by atoms with Crippen molar-refractivity contribution in [3.05, 3.63) is 0 Å². The van der Waals surface area contributed by atoms with Crippen LogP contribution in [0.1, 0.15) is 27.2 Å². The lowest BCUT2D eigenvalue weighted by atomic mass is 9.90. The minimum atomic E-state index is -0.668. The third-order valence-corrected chi connectivity index (χ3v) is 2.33. The third kappa shape index (κ3) is 1.99. The molecule has 13 heavy (non-hydrogen) atoms. The predicted octanol–water partition coefficient (Wildman–Crippen LogP) is 0.891. The number of hydrogen-bond donors (Lipinski definition) is 0. The van der Waals surface area contributed by atoms with Gasteiger partial charge in [-0.05, 0) is 20.3 Å². The van der Waals surface area contributed by atoms with Crippen LogP contribution in [0.5, 0.6) is 0 Å². The Morgan fingerprint density at radius 1 is 1.69 bits per heavy atom. The van der Waals surface area contributed by atoms with E-state index in [1.54, 1.807) is 13.8 Å². The van der Waals surface area contributed by atoms with E-state index in [1.807, 2.05) is 6.92 Å². The summed E-state index contributed by atoms with van der Waals surface area (Å²) in [4.78, 5) is 22.1. The molecule has 0 radical (unpaired) electrons. The van der Waals surface area contributed by atoms with Crippen LogP contribution in [-0.2, 0) is 19.1 Å². The molecule has 0 spiro atoms. The van der Waals surface area contributed by atoms with E-state index in [0.29, 0.717) is 6.42 Å². The van der Waals surface area contributed by atoms with Gasteiger partial charge in [0.05, 0.1) is 5.41 Å². The van der Waals surface area contributed by atoms with E-state index in [4.69, 9.17) is 4.74 Å². The number of carbonyl (C=O) groups excluding carboxylic acids is 2. The fraction of sp³-hybridized carbons (Fsp3) is 0.778. The lowest BCUT2D eigenvalue weighted by Gasteiger charge is -2.28. The fourth-order valence-corrected chi connectivity index (χ4v) is 0.735. The summed E-state index contributed by atoms with van der Waals surface area (Å²) in [6, 6.07) is 0. The Bertz CT molecular complexity index is 232. The van der Waals surface area contributed by atoms with Crippen molar-refractivity contribution in [1.82, 2.24) is 0 Å². The van der Waals surface area contributed by atoms with Crippen LogP contribution < -0.4 is 0 Å². The minimum absolute atomic E-state index is 0.199. The van der Waals surface area contributed by atoms with Crippen molar-refractivity contribution in [3.63, 3.8) is 0 Å². The van der Waals surface area contributed by atoms with E-state index in [-0.39, 0.29) is 12.6 Å². The van der Waals surface area contributed by atoms with E-state index in [2.05, 4.69) is 4.74 Å². The van der Waals surface area contributed by atoms with Gasteiger partial charge in [-0.1, -0.05) is 6.92 Å². The van der Waals surface area contributed by atoms with Gasteiger partial charge >= 0.3 is 11.9 Å². The van der Waals surface area contributed by atoms with E-state index < -0.39 is 17.5 Å². The highest BCUT2D eigenvalue weighted by atomic mass is 16.6. The van der Waals surface area contributed by atoms with Crippen LogP contribution in [0.25, 0.3) is 0 Å². The lowest BCUT2D eigenvalue weighted by Crippen LogP contribution is -2.45. The summed E-state index contributed by atoms with van der Waals surface area (Å²) in [5, 5.41) is 0. The van der Waals surface area contributed by atoms with Crippen LogP contribution in [0.15, 0.2) is 0 Å². The summed E-state index contributed by atoms with van der Waals surface area (Å²) >= 11 is 0. The average molecular weight is 186 g/mol. The second-order valence-electron chi connectivity index (χ2n) is 3.76. The van der Waals surface area contributed by atoms with Gasteiger partial charge in [0, 0.05) is 0 Å². The van der Waals surface area contributed by atoms with Gasteiger partial charge in [-0.25, -0.2) is 4.79 Å². The van der Waals surface area contributed by atoms with E-state index in [9.17, 15) is 9.59 Å². The molecule has 1 fully saturated rings. The molecule has 0 aromatic heterocycles. The first kappa shape index (κ1) is 10.0. The van der Waals surface area contributed by atoms with Gasteiger partial charge in [0.2, 0.25) is 6.10 Å². The largest absolute Gasteiger partial charge is 0.458 e. The molecule has 1 aliphatic rings. The lowest BCUT2D eigenvalue weighted by molar-refractivity contribution is -0.196. The maximum Gasteiger partial charge on any atom is 0.351 e. The van der Waals surface area contributed by atoms with Crippen molar-refractivity contribution in [3.8, 4) is 0 Å². The second kappa shape index (κ2) is 3.36. The van der Waals surface area contributed by atoms with Gasteiger partial charge in [0.25, 0.3) is 0 Å². The van der Waals surface area contributed by atoms with Crippen LogP contribution in [0, 0.1) is 5.41 Å². The Morgan fingerprint density at radius 3 is 2.62 bits per heavy atom. The molecule has 4 heteroatoms. The van der Waals surface area contributed by atoms with Crippen molar-refractivity contribution in [1.29, 1.82) is 0 Å². The normalized spacial score (nSPS) is 21.8. The van der Waals surface area contributed by atoms with Crippen LogP contribution >= 0.6 is 0 Å². The molecule has 1 saturated heterocycles. The van der Waals surface area contributed by atoms with Crippen molar-refractivity contribution in [2.24, 2.45) is 5.41 Å². The zero-order valence-electron chi connectivity index (χ0n) is 8.12. The average Bonchev–Trinajstić information content (AvgIpc) is 2.11. The van der Waals surface area contributed by atoms with Gasteiger partial charge in [-0.15, -0.1) is 0 Å². The first-order valence-corrected chi connectivity index (χ1v) is 4.35. The molecular formula is C9H14O4. The zero-order valence-corrected chi connectivity index (χ0v) is 8.12. The summed E-state index contributed by atoms with van der Waals surface area (Å²) < 4.78 is 9.42. The summed E-state index contributed by atoms with van der Waals surface area (Å²) in [7, 11) is 0. The molecule has 0 aromatic rings. The topological polar surface area (TPSA) is 52.6 Å².